The lowest BCUT2D eigenvalue weighted by molar-refractivity contribution is -0.157. The fourth-order valence-corrected chi connectivity index (χ4v) is 6.17. The molecule has 2 saturated carbocycles. The van der Waals surface area contributed by atoms with Crippen LogP contribution in [-0.4, -0.2) is 44.2 Å². The van der Waals surface area contributed by atoms with E-state index in [1.54, 1.807) is 0 Å². The van der Waals surface area contributed by atoms with Crippen molar-refractivity contribution in [3.8, 4) is 0 Å². The Hall–Kier alpha value is -1.39. The first kappa shape index (κ1) is 15.8. The molecule has 0 radical (unpaired) electrons. The van der Waals surface area contributed by atoms with Crippen LogP contribution in [0.25, 0.3) is 11.0 Å². The van der Waals surface area contributed by atoms with E-state index < -0.39 is 0 Å². The largest absolute Gasteiger partial charge is 0.390 e. The quantitative estimate of drug-likeness (QED) is 0.892. The van der Waals surface area contributed by atoms with Gasteiger partial charge in [0.2, 0.25) is 0 Å². The van der Waals surface area contributed by atoms with E-state index in [-0.39, 0.29) is 5.60 Å². The molecule has 0 aromatic carbocycles. The maximum Gasteiger partial charge on any atom is 0.137 e. The molecule has 0 spiro atoms. The van der Waals surface area contributed by atoms with Gasteiger partial charge in [-0.25, -0.2) is 4.98 Å². The monoisotopic (exact) mass is 339 g/mol. The number of aryl methyl sites for hydroxylation is 1. The van der Waals surface area contributed by atoms with Crippen molar-refractivity contribution in [2.45, 2.75) is 76.0 Å². The Labute approximate surface area is 149 Å². The molecule has 2 aromatic heterocycles. The normalized spacial score (nSPS) is 35.6. The van der Waals surface area contributed by atoms with Gasteiger partial charge in [0.25, 0.3) is 0 Å². The molecular formula is C21H29N3O. The molecule has 2 saturated heterocycles. The smallest absolute Gasteiger partial charge is 0.137 e. The zero-order valence-electron chi connectivity index (χ0n) is 15.3. The van der Waals surface area contributed by atoms with E-state index >= 15 is 0 Å². The number of H-pyrrole nitrogens is 1. The zero-order chi connectivity index (χ0) is 17.2. The lowest BCUT2D eigenvalue weighted by atomic mass is 9.61. The average molecular weight is 339 g/mol. The highest BCUT2D eigenvalue weighted by atomic mass is 16.3. The Morgan fingerprint density at radius 2 is 2.08 bits per heavy atom. The molecule has 4 heterocycles. The highest BCUT2D eigenvalue weighted by molar-refractivity contribution is 5.83. The lowest BCUT2D eigenvalue weighted by Crippen LogP contribution is -2.64. The van der Waals surface area contributed by atoms with Crippen LogP contribution < -0.4 is 0 Å². The van der Waals surface area contributed by atoms with Crippen molar-refractivity contribution >= 4 is 11.0 Å². The molecule has 25 heavy (non-hydrogen) atoms. The van der Waals surface area contributed by atoms with Gasteiger partial charge >= 0.3 is 0 Å². The molecule has 0 amide bonds. The topological polar surface area (TPSA) is 52.2 Å². The molecule has 2 aliphatic heterocycles. The molecular weight excluding hydrogens is 310 g/mol. The molecule has 6 rings (SSSR count). The fourth-order valence-electron chi connectivity index (χ4n) is 6.17. The van der Waals surface area contributed by atoms with Crippen molar-refractivity contribution in [2.75, 3.05) is 6.54 Å². The summed E-state index contributed by atoms with van der Waals surface area (Å²) >= 11 is 0. The number of nitrogens with one attached hydrogen (secondary N) is 1. The highest BCUT2D eigenvalue weighted by Gasteiger charge is 2.53. The predicted molar refractivity (Wildman–Crippen MR) is 99.7 cm³/mol. The van der Waals surface area contributed by atoms with Crippen LogP contribution in [0, 0.1) is 12.8 Å². The summed E-state index contributed by atoms with van der Waals surface area (Å²) in [7, 11) is 0. The molecule has 4 heteroatoms. The summed E-state index contributed by atoms with van der Waals surface area (Å²) < 4.78 is 0. The number of aromatic nitrogens is 2. The number of rotatable bonds is 4. The van der Waals surface area contributed by atoms with Gasteiger partial charge in [-0.1, -0.05) is 6.92 Å². The summed E-state index contributed by atoms with van der Waals surface area (Å²) in [4.78, 5) is 10.6. The molecule has 2 aromatic rings. The Bertz CT molecular complexity index is 782. The molecule has 4 aliphatic rings. The van der Waals surface area contributed by atoms with Gasteiger partial charge in [-0.2, -0.15) is 0 Å². The molecule has 4 fully saturated rings. The van der Waals surface area contributed by atoms with E-state index in [0.29, 0.717) is 18.0 Å². The molecule has 4 bridgehead atoms. The van der Waals surface area contributed by atoms with Crippen molar-refractivity contribution < 1.29 is 5.11 Å². The standard InChI is InChI=1S/C21H29N3O/c1-13(18-12-23-20-19(18)14(2)3-5-22-20)4-6-24-16-7-15-8-17(24)11-21(25,9-15)10-16/h3,5,12-13,15-17,25H,4,6-11H2,1-2H3,(H,22,23). The number of fused-ring (bicyclic) bond motifs is 1. The first-order chi connectivity index (χ1) is 12.0. The number of nitrogens with zero attached hydrogens (tertiary/aromatic N) is 2. The average Bonchev–Trinajstić information content (AvgIpc) is 2.98. The van der Waals surface area contributed by atoms with Crippen LogP contribution in [0.15, 0.2) is 18.5 Å². The lowest BCUT2D eigenvalue weighted by Gasteiger charge is -2.60. The number of piperidine rings is 2. The fraction of sp³-hybridized carbons (Fsp3) is 0.667. The van der Waals surface area contributed by atoms with E-state index in [2.05, 4.69) is 41.0 Å². The molecule has 4 nitrogen and oxygen atoms in total. The van der Waals surface area contributed by atoms with E-state index in [1.807, 2.05) is 6.20 Å². The Balaban J connectivity index is 1.31. The summed E-state index contributed by atoms with van der Waals surface area (Å²) in [6.45, 7) is 5.68. The zero-order valence-corrected chi connectivity index (χ0v) is 15.3. The second-order valence-corrected chi connectivity index (χ2v) is 9.00. The summed E-state index contributed by atoms with van der Waals surface area (Å²) in [5.41, 5.74) is 3.40. The minimum atomic E-state index is -0.335. The van der Waals surface area contributed by atoms with Crippen LogP contribution >= 0.6 is 0 Å². The third kappa shape index (κ3) is 2.53. The highest BCUT2D eigenvalue weighted by Crippen LogP contribution is 2.51. The van der Waals surface area contributed by atoms with E-state index in [0.717, 1.165) is 37.4 Å². The SMILES string of the molecule is Cc1ccnc2[nH]cc(C(C)CCN3C4CC5CC3CC(O)(C5)C4)c12. The van der Waals surface area contributed by atoms with Gasteiger partial charge < -0.3 is 10.1 Å². The van der Waals surface area contributed by atoms with Crippen molar-refractivity contribution in [3.05, 3.63) is 29.6 Å². The minimum Gasteiger partial charge on any atom is -0.390 e. The van der Waals surface area contributed by atoms with Gasteiger partial charge in [0.15, 0.2) is 0 Å². The number of hydrogen-bond donors (Lipinski definition) is 2. The maximum atomic E-state index is 10.8. The van der Waals surface area contributed by atoms with E-state index in [4.69, 9.17) is 0 Å². The van der Waals surface area contributed by atoms with E-state index in [1.165, 1.54) is 35.8 Å². The summed E-state index contributed by atoms with van der Waals surface area (Å²) in [5.74, 6) is 1.30. The number of aliphatic hydroxyl groups is 1. The summed E-state index contributed by atoms with van der Waals surface area (Å²) in [6.07, 6.45) is 10.9. The van der Waals surface area contributed by atoms with E-state index in [9.17, 15) is 5.11 Å². The molecule has 3 atom stereocenters. The summed E-state index contributed by atoms with van der Waals surface area (Å²) in [5, 5.41) is 12.1. The van der Waals surface area contributed by atoms with Gasteiger partial charge in [0, 0.05) is 29.9 Å². The van der Waals surface area contributed by atoms with Crippen molar-refractivity contribution in [3.63, 3.8) is 0 Å². The van der Waals surface area contributed by atoms with Crippen LogP contribution in [0.1, 0.15) is 62.5 Å². The first-order valence-corrected chi connectivity index (χ1v) is 9.93. The van der Waals surface area contributed by atoms with Crippen molar-refractivity contribution in [2.24, 2.45) is 5.92 Å². The van der Waals surface area contributed by atoms with Crippen LogP contribution in [0.2, 0.25) is 0 Å². The molecule has 3 unspecified atom stereocenters. The van der Waals surface area contributed by atoms with Crippen molar-refractivity contribution in [1.29, 1.82) is 0 Å². The van der Waals surface area contributed by atoms with Crippen LogP contribution in [0.4, 0.5) is 0 Å². The second-order valence-electron chi connectivity index (χ2n) is 9.00. The molecule has 134 valence electrons. The van der Waals surface area contributed by atoms with Crippen LogP contribution in [0.3, 0.4) is 0 Å². The minimum absolute atomic E-state index is 0.335. The van der Waals surface area contributed by atoms with Gasteiger partial charge in [-0.15, -0.1) is 0 Å². The van der Waals surface area contributed by atoms with Gasteiger partial charge in [-0.3, -0.25) is 4.90 Å². The predicted octanol–water partition coefficient (Wildman–Crippen LogP) is 3.74. The van der Waals surface area contributed by atoms with Gasteiger partial charge in [-0.05, 0) is 81.0 Å². The van der Waals surface area contributed by atoms with Gasteiger partial charge in [0.1, 0.15) is 5.65 Å². The molecule has 2 aliphatic carbocycles. The maximum absolute atomic E-state index is 10.8. The first-order valence-electron chi connectivity index (χ1n) is 9.93. The van der Waals surface area contributed by atoms with Crippen LogP contribution in [-0.2, 0) is 0 Å². The van der Waals surface area contributed by atoms with Gasteiger partial charge in [0.05, 0.1) is 5.60 Å². The summed E-state index contributed by atoms with van der Waals surface area (Å²) in [6, 6.07) is 3.35. The number of hydrogen-bond acceptors (Lipinski definition) is 3. The number of aromatic amines is 1. The second kappa shape index (κ2) is 5.55. The third-order valence-corrected chi connectivity index (χ3v) is 7.21. The Morgan fingerprint density at radius 1 is 1.32 bits per heavy atom. The Morgan fingerprint density at radius 3 is 2.80 bits per heavy atom. The number of pyridine rings is 1. The van der Waals surface area contributed by atoms with Crippen LogP contribution in [0.5, 0.6) is 0 Å². The Kier molecular flexibility index (Phi) is 3.52. The third-order valence-electron chi connectivity index (χ3n) is 7.21. The van der Waals surface area contributed by atoms with Crippen molar-refractivity contribution in [1.82, 2.24) is 14.9 Å². The molecule has 2 N–H and O–H groups in total.